The zero-order chi connectivity index (χ0) is 35.6. The highest BCUT2D eigenvalue weighted by Gasteiger charge is 2.68. The number of aliphatic carboxylic acids is 1. The summed E-state index contributed by atoms with van der Waals surface area (Å²) < 4.78 is 5.23. The number of hydrogen-bond acceptors (Lipinski definition) is 10. The van der Waals surface area contributed by atoms with Gasteiger partial charge in [0.25, 0.3) is 0 Å². The summed E-state index contributed by atoms with van der Waals surface area (Å²) >= 11 is 1.45. The van der Waals surface area contributed by atoms with Crippen molar-refractivity contribution in [3.05, 3.63) is 11.6 Å². The standard InChI is InChI=1S/C35H52N2O10S/c1-19(2)30(31(43)36-24(32(44)45)12-15-48-5)37-27(41)8-9-28(42)47-18-26(40)35(46)14-11-23-22-7-6-20-16-21(38)10-13-33(20,3)29(22)25(39)17-34(23,35)4/h16,19,22-25,29-30,39,46H,6-15,17-18H2,1-5H3,(H,36,43)(H,37,41)(H,44,45)/t22-,23+,24-,25+,29+,30+,33+,34+,35+/m1/s1. The van der Waals surface area contributed by atoms with Crippen molar-refractivity contribution in [1.29, 1.82) is 0 Å². The van der Waals surface area contributed by atoms with Gasteiger partial charge in [0.1, 0.15) is 17.7 Å². The van der Waals surface area contributed by atoms with Crippen LogP contribution in [0.2, 0.25) is 0 Å². The van der Waals surface area contributed by atoms with Crippen LogP contribution in [0, 0.1) is 34.5 Å². The van der Waals surface area contributed by atoms with Crippen LogP contribution >= 0.6 is 11.8 Å². The highest BCUT2D eigenvalue weighted by Crippen LogP contribution is 2.67. The second-order valence-electron chi connectivity index (χ2n) is 15.0. The Morgan fingerprint density at radius 1 is 1.06 bits per heavy atom. The van der Waals surface area contributed by atoms with Crippen LogP contribution in [0.4, 0.5) is 0 Å². The van der Waals surface area contributed by atoms with E-state index in [1.54, 1.807) is 19.9 Å². The Labute approximate surface area is 286 Å². The Kier molecular flexibility index (Phi) is 11.9. The number of aliphatic hydroxyl groups excluding tert-OH is 1. The van der Waals surface area contributed by atoms with Gasteiger partial charge in [-0.25, -0.2) is 4.79 Å². The predicted octanol–water partition coefficient (Wildman–Crippen LogP) is 2.58. The highest BCUT2D eigenvalue weighted by molar-refractivity contribution is 7.98. The van der Waals surface area contributed by atoms with Crippen molar-refractivity contribution in [2.75, 3.05) is 18.6 Å². The molecule has 3 fully saturated rings. The van der Waals surface area contributed by atoms with E-state index >= 15 is 0 Å². The van der Waals surface area contributed by atoms with Gasteiger partial charge in [-0.05, 0) is 92.1 Å². The number of esters is 1. The molecule has 4 aliphatic carbocycles. The number of carboxylic acids is 1. The molecule has 0 aromatic heterocycles. The molecule has 0 radical (unpaired) electrons. The molecule has 0 bridgehead atoms. The van der Waals surface area contributed by atoms with E-state index in [1.165, 1.54) is 11.8 Å². The third-order valence-electron chi connectivity index (χ3n) is 11.9. The molecule has 0 aliphatic heterocycles. The summed E-state index contributed by atoms with van der Waals surface area (Å²) in [5, 5.41) is 37.9. The fraction of sp³-hybridized carbons (Fsp3) is 0.771. The van der Waals surface area contributed by atoms with Crippen molar-refractivity contribution < 1.29 is 48.8 Å². The molecule has 0 heterocycles. The average Bonchev–Trinajstić information content (AvgIpc) is 3.29. The van der Waals surface area contributed by atoms with Crippen molar-refractivity contribution in [3.8, 4) is 0 Å². The zero-order valence-electron chi connectivity index (χ0n) is 28.7. The lowest BCUT2D eigenvalue weighted by molar-refractivity contribution is -0.184. The number of allylic oxidation sites excluding steroid dienone is 1. The molecule has 0 saturated heterocycles. The number of carbonyl (C=O) groups is 6. The van der Waals surface area contributed by atoms with Gasteiger partial charge in [-0.15, -0.1) is 0 Å². The summed E-state index contributed by atoms with van der Waals surface area (Å²) in [5.41, 5.74) is -1.90. The van der Waals surface area contributed by atoms with Crippen molar-refractivity contribution in [3.63, 3.8) is 0 Å². The topological polar surface area (TPSA) is 196 Å². The van der Waals surface area contributed by atoms with Gasteiger partial charge in [0.05, 0.1) is 12.5 Å². The first-order valence-electron chi connectivity index (χ1n) is 17.1. The number of thioether (sulfide) groups is 1. The van der Waals surface area contributed by atoms with Crippen LogP contribution in [0.25, 0.3) is 0 Å². The first-order chi connectivity index (χ1) is 22.5. The Balaban J connectivity index is 1.31. The van der Waals surface area contributed by atoms with E-state index in [-0.39, 0.29) is 67.0 Å². The van der Waals surface area contributed by atoms with Gasteiger partial charge in [-0.2, -0.15) is 11.8 Å². The molecule has 4 rings (SSSR count). The molecule has 2 amide bonds. The lowest BCUT2D eigenvalue weighted by atomic mass is 9.45. The highest BCUT2D eigenvalue weighted by atomic mass is 32.2. The van der Waals surface area contributed by atoms with Crippen molar-refractivity contribution in [2.45, 2.75) is 116 Å². The molecule has 48 heavy (non-hydrogen) atoms. The number of fused-ring (bicyclic) bond motifs is 5. The van der Waals surface area contributed by atoms with Crippen LogP contribution in [0.5, 0.6) is 0 Å². The van der Waals surface area contributed by atoms with Crippen LogP contribution in [0.1, 0.15) is 91.9 Å². The number of nitrogens with one attached hydrogen (secondary N) is 2. The van der Waals surface area contributed by atoms with E-state index in [0.717, 1.165) is 18.4 Å². The van der Waals surface area contributed by atoms with E-state index in [2.05, 4.69) is 17.6 Å². The largest absolute Gasteiger partial charge is 0.480 e. The molecule has 13 heteroatoms. The molecule has 12 nitrogen and oxygen atoms in total. The fourth-order valence-corrected chi connectivity index (χ4v) is 9.71. The second-order valence-corrected chi connectivity index (χ2v) is 16.0. The SMILES string of the molecule is CSCC[C@@H](NC(=O)[C@@H](NC(=O)CCC(=O)OCC(=O)[C@@]1(O)CC[C@H]2[C@H]3CCC4=CC(=O)CC[C@]4(C)[C@@H]3[C@@H](O)C[C@@]21C)C(C)C)C(=O)O. The van der Waals surface area contributed by atoms with Crippen LogP contribution in [0.3, 0.4) is 0 Å². The smallest absolute Gasteiger partial charge is 0.326 e. The summed E-state index contributed by atoms with van der Waals surface area (Å²) in [6.45, 7) is 6.73. The maximum Gasteiger partial charge on any atom is 0.326 e. The molecule has 268 valence electrons. The lowest BCUT2D eigenvalue weighted by Crippen LogP contribution is -2.62. The van der Waals surface area contributed by atoms with Crippen molar-refractivity contribution in [2.24, 2.45) is 34.5 Å². The van der Waals surface area contributed by atoms with E-state index in [0.29, 0.717) is 25.0 Å². The molecule has 0 spiro atoms. The summed E-state index contributed by atoms with van der Waals surface area (Å²) in [4.78, 5) is 75.3. The van der Waals surface area contributed by atoms with Gasteiger partial charge in [0.15, 0.2) is 12.4 Å². The van der Waals surface area contributed by atoms with E-state index in [9.17, 15) is 44.1 Å². The number of Topliss-reactive ketones (excluding diaryl/α,β-unsaturated/α-hetero) is 1. The Morgan fingerprint density at radius 2 is 1.77 bits per heavy atom. The molecule has 4 aliphatic rings. The molecule has 0 aromatic rings. The van der Waals surface area contributed by atoms with E-state index in [4.69, 9.17) is 4.74 Å². The molecule has 0 aromatic carbocycles. The number of amides is 2. The number of carbonyl (C=O) groups excluding carboxylic acids is 5. The molecular formula is C35H52N2O10S. The first-order valence-corrected chi connectivity index (χ1v) is 18.5. The van der Waals surface area contributed by atoms with Crippen molar-refractivity contribution in [1.82, 2.24) is 10.6 Å². The van der Waals surface area contributed by atoms with E-state index < -0.39 is 65.3 Å². The monoisotopic (exact) mass is 692 g/mol. The number of ketones is 2. The normalized spacial score (nSPS) is 33.8. The Bertz CT molecular complexity index is 1330. The third kappa shape index (κ3) is 7.38. The third-order valence-corrected chi connectivity index (χ3v) is 12.6. The summed E-state index contributed by atoms with van der Waals surface area (Å²) in [7, 11) is 0. The minimum atomic E-state index is -1.79. The number of ether oxygens (including phenoxy) is 1. The summed E-state index contributed by atoms with van der Waals surface area (Å²) in [5.74, 6) is -3.56. The fourth-order valence-electron chi connectivity index (χ4n) is 9.24. The number of aliphatic hydroxyl groups is 2. The molecular weight excluding hydrogens is 640 g/mol. The summed E-state index contributed by atoms with van der Waals surface area (Å²) in [6.07, 6.45) is 6.04. The summed E-state index contributed by atoms with van der Waals surface area (Å²) in [6, 6.07) is -2.11. The maximum atomic E-state index is 13.5. The van der Waals surface area contributed by atoms with Crippen LogP contribution in [0.15, 0.2) is 11.6 Å². The van der Waals surface area contributed by atoms with Crippen molar-refractivity contribution >= 4 is 47.1 Å². The number of carboxylic acid groups (broad SMARTS) is 1. The average molecular weight is 693 g/mol. The van der Waals surface area contributed by atoms with Crippen LogP contribution in [-0.2, 0) is 33.5 Å². The van der Waals surface area contributed by atoms with Crippen LogP contribution in [-0.4, -0.2) is 93.0 Å². The minimum absolute atomic E-state index is 0.0161. The second kappa shape index (κ2) is 15.0. The quantitative estimate of drug-likeness (QED) is 0.168. The van der Waals surface area contributed by atoms with Gasteiger partial charge in [0, 0.05) is 18.3 Å². The van der Waals surface area contributed by atoms with Crippen LogP contribution < -0.4 is 10.6 Å². The number of hydrogen-bond donors (Lipinski definition) is 5. The predicted molar refractivity (Wildman–Crippen MR) is 178 cm³/mol. The number of rotatable bonds is 14. The lowest BCUT2D eigenvalue weighted by Gasteiger charge is -2.60. The van der Waals surface area contributed by atoms with Gasteiger partial charge in [0.2, 0.25) is 17.6 Å². The molecule has 0 unspecified atom stereocenters. The Morgan fingerprint density at radius 3 is 2.42 bits per heavy atom. The zero-order valence-corrected chi connectivity index (χ0v) is 29.5. The Hall–Kier alpha value is -2.77. The minimum Gasteiger partial charge on any atom is -0.480 e. The molecule has 5 N–H and O–H groups in total. The first kappa shape index (κ1) is 38.0. The molecule has 3 saturated carbocycles. The maximum absolute atomic E-state index is 13.5. The van der Waals surface area contributed by atoms with Gasteiger partial charge in [-0.1, -0.05) is 33.3 Å². The van der Waals surface area contributed by atoms with Gasteiger partial charge < -0.3 is 30.7 Å². The van der Waals surface area contributed by atoms with E-state index in [1.807, 2.05) is 13.2 Å². The molecule has 9 atom stereocenters. The van der Waals surface area contributed by atoms with Gasteiger partial charge >= 0.3 is 11.9 Å². The van der Waals surface area contributed by atoms with Gasteiger partial charge in [-0.3, -0.25) is 24.0 Å².